The van der Waals surface area contributed by atoms with Crippen molar-refractivity contribution in [1.29, 1.82) is 0 Å². The van der Waals surface area contributed by atoms with Gasteiger partial charge in [-0.25, -0.2) is 4.98 Å². The smallest absolute Gasteiger partial charge is 0.203 e. The molecule has 0 amide bonds. The molecule has 0 saturated carbocycles. The molecule has 0 aliphatic rings. The van der Waals surface area contributed by atoms with Gasteiger partial charge in [-0.3, -0.25) is 0 Å². The summed E-state index contributed by atoms with van der Waals surface area (Å²) in [5, 5.41) is 0. The minimum atomic E-state index is 0.665. The molecule has 0 atom stereocenters. The Hall–Kier alpha value is -4.13. The van der Waals surface area contributed by atoms with Crippen molar-refractivity contribution in [1.82, 2.24) is 4.98 Å². The van der Waals surface area contributed by atoms with Crippen LogP contribution in [0, 0.1) is 0 Å². The highest BCUT2D eigenvalue weighted by Crippen LogP contribution is 2.42. The van der Waals surface area contributed by atoms with Gasteiger partial charge in [0.1, 0.15) is 0 Å². The second-order valence-corrected chi connectivity index (χ2v) is 30.0. The molecule has 0 spiro atoms. The lowest BCUT2D eigenvalue weighted by molar-refractivity contribution is 0.234. The molecule has 7 nitrogen and oxygen atoms in total. The molecule has 2 aromatic carbocycles. The minimum Gasteiger partial charge on any atom is -0.490 e. The molecule has 3 rings (SSSR count). The summed E-state index contributed by atoms with van der Waals surface area (Å²) in [5.41, 5.74) is 3.83. The molecule has 0 saturated heterocycles. The topological polar surface area (TPSA) is 68.3 Å². The molecule has 3 aromatic rings. The first-order chi connectivity index (χ1) is 49.6. The van der Waals surface area contributed by atoms with Crippen LogP contribution in [0.4, 0.5) is 0 Å². The van der Waals surface area contributed by atoms with Crippen LogP contribution >= 0.6 is 0 Å². The van der Waals surface area contributed by atoms with Crippen LogP contribution < -0.4 is 28.4 Å². The van der Waals surface area contributed by atoms with Crippen LogP contribution in [-0.2, 0) is 0 Å². The molecular weight excluding hydrogens is 1230 g/mol. The highest BCUT2D eigenvalue weighted by molar-refractivity contribution is 5.74. The van der Waals surface area contributed by atoms with Gasteiger partial charge in [0.15, 0.2) is 23.0 Å². The van der Waals surface area contributed by atoms with E-state index < -0.39 is 0 Å². The van der Waals surface area contributed by atoms with Crippen LogP contribution in [0.3, 0.4) is 0 Å². The molecule has 1 aromatic heterocycles. The summed E-state index contributed by atoms with van der Waals surface area (Å²) in [6.07, 6.45) is 86.3. The average Bonchev–Trinajstić information content (AvgIpc) is 0.840. The maximum absolute atomic E-state index is 6.80. The zero-order chi connectivity index (χ0) is 71.2. The molecule has 0 aliphatic carbocycles. The van der Waals surface area contributed by atoms with Crippen molar-refractivity contribution < 1.29 is 28.4 Å². The second-order valence-electron chi connectivity index (χ2n) is 30.0. The fourth-order valence-electron chi connectivity index (χ4n) is 13.7. The van der Waals surface area contributed by atoms with Crippen molar-refractivity contribution in [3.8, 4) is 34.5 Å². The monoisotopic (exact) mass is 1390 g/mol. The Labute approximate surface area is 620 Å². The molecule has 574 valence electrons. The van der Waals surface area contributed by atoms with E-state index in [1.54, 1.807) is 0 Å². The molecule has 7 heteroatoms. The normalized spacial score (nSPS) is 11.7. The molecule has 0 aliphatic heterocycles. The fourth-order valence-corrected chi connectivity index (χ4v) is 13.7. The Kier molecular flexibility index (Phi) is 62.4. The fraction of sp³-hybridized carbons (Fsp3) is 0.774. The highest BCUT2D eigenvalue weighted by atomic mass is 16.5. The molecule has 0 bridgehead atoms. The number of pyridine rings is 1. The lowest BCUT2D eigenvalue weighted by Crippen LogP contribution is -2.07. The second kappa shape index (κ2) is 69.3. The van der Waals surface area contributed by atoms with E-state index in [0.717, 1.165) is 95.5 Å². The van der Waals surface area contributed by atoms with E-state index in [2.05, 4.69) is 108 Å². The summed E-state index contributed by atoms with van der Waals surface area (Å²) < 4.78 is 40.8. The standard InChI is InChI=1S/C93H161NO6/c1-7-13-19-25-31-37-43-49-55-61-74-95-88-80-84(81-89(96-75-62-56-50-44-38-32-26-20-14-8-2)92(88)99-78-65-59-53-47-41-35-29-23-17-11-5)70-72-86-68-67-69-87(94-86)73-71-85-82-90(97-76-63-57-51-45-39-33-27-21-15-9-3)93(100-79-66-60-54-48-42-36-30-24-18-12-6)91(83-85)98-77-64-58-52-46-40-34-28-22-16-10-4/h67-73,80-83H,7-66,74-79H2,1-6H3. The van der Waals surface area contributed by atoms with Crippen molar-refractivity contribution in [2.75, 3.05) is 39.6 Å². The van der Waals surface area contributed by atoms with Crippen LogP contribution in [0.25, 0.3) is 24.3 Å². The largest absolute Gasteiger partial charge is 0.490 e. The third-order valence-corrected chi connectivity index (χ3v) is 20.3. The molecular formula is C93H161NO6. The molecule has 100 heavy (non-hydrogen) atoms. The van der Waals surface area contributed by atoms with Crippen LogP contribution in [0.2, 0.25) is 0 Å². The van der Waals surface area contributed by atoms with Gasteiger partial charge in [-0.1, -0.05) is 406 Å². The van der Waals surface area contributed by atoms with E-state index in [-0.39, 0.29) is 0 Å². The van der Waals surface area contributed by atoms with Gasteiger partial charge in [-0.05, 0) is 98.2 Å². The Bertz CT molecular complexity index is 2060. The SMILES string of the molecule is CCCCCCCCCCCCOc1cc(C=Cc2cccc(C=Cc3cc(OCCCCCCCCCCCC)c(OCCCCCCCCCCCC)c(OCCCCCCCCCCCC)c3)n2)cc(OCCCCCCCCCCCC)c1OCCCCCCCCCCCC. The molecule has 0 radical (unpaired) electrons. The minimum absolute atomic E-state index is 0.665. The van der Waals surface area contributed by atoms with Gasteiger partial charge in [0, 0.05) is 0 Å². The van der Waals surface area contributed by atoms with Gasteiger partial charge >= 0.3 is 0 Å². The summed E-state index contributed by atoms with van der Waals surface area (Å²) in [7, 11) is 0. The van der Waals surface area contributed by atoms with Crippen LogP contribution in [-0.4, -0.2) is 44.6 Å². The number of ether oxygens (including phenoxy) is 6. The maximum atomic E-state index is 6.80. The molecule has 0 N–H and O–H groups in total. The Morgan fingerprint density at radius 3 is 0.570 bits per heavy atom. The number of hydrogen-bond donors (Lipinski definition) is 0. The number of aromatic nitrogens is 1. The summed E-state index contributed by atoms with van der Waals surface area (Å²) >= 11 is 0. The molecule has 0 fully saturated rings. The zero-order valence-electron chi connectivity index (χ0n) is 66.9. The van der Waals surface area contributed by atoms with Crippen molar-refractivity contribution in [2.45, 2.75) is 427 Å². The van der Waals surface area contributed by atoms with E-state index in [1.807, 2.05) is 0 Å². The van der Waals surface area contributed by atoms with Gasteiger partial charge in [0.05, 0.1) is 51.0 Å². The van der Waals surface area contributed by atoms with Crippen LogP contribution in [0.5, 0.6) is 34.5 Å². The average molecular weight is 1390 g/mol. The summed E-state index contributed by atoms with van der Waals surface area (Å²) in [6, 6.07) is 15.0. The number of rotatable bonds is 76. The van der Waals surface area contributed by atoms with Gasteiger partial charge in [0.2, 0.25) is 11.5 Å². The van der Waals surface area contributed by atoms with Crippen molar-refractivity contribution >= 4 is 24.3 Å². The molecule has 0 unspecified atom stereocenters. The highest BCUT2D eigenvalue weighted by Gasteiger charge is 2.18. The van der Waals surface area contributed by atoms with E-state index in [9.17, 15) is 0 Å². The van der Waals surface area contributed by atoms with Gasteiger partial charge in [0.25, 0.3) is 0 Å². The Balaban J connectivity index is 1.92. The summed E-state index contributed by atoms with van der Waals surface area (Å²) in [6.45, 7) is 17.8. The lowest BCUT2D eigenvalue weighted by atomic mass is 10.1. The summed E-state index contributed by atoms with van der Waals surface area (Å²) in [4.78, 5) is 5.20. The number of benzene rings is 2. The Morgan fingerprint density at radius 1 is 0.210 bits per heavy atom. The summed E-state index contributed by atoms with van der Waals surface area (Å²) in [5.74, 6) is 4.71. The third kappa shape index (κ3) is 51.1. The van der Waals surface area contributed by atoms with Crippen molar-refractivity contribution in [3.05, 3.63) is 65.0 Å². The molecule has 1 heterocycles. The lowest BCUT2D eigenvalue weighted by Gasteiger charge is -2.18. The first-order valence-corrected chi connectivity index (χ1v) is 44.0. The number of unbranched alkanes of at least 4 members (excludes halogenated alkanes) is 54. The third-order valence-electron chi connectivity index (χ3n) is 20.3. The van der Waals surface area contributed by atoms with Gasteiger partial charge < -0.3 is 28.4 Å². The zero-order valence-corrected chi connectivity index (χ0v) is 66.9. The van der Waals surface area contributed by atoms with Crippen LogP contribution in [0.1, 0.15) is 449 Å². The predicted octanol–water partition coefficient (Wildman–Crippen LogP) is 31.2. The first-order valence-electron chi connectivity index (χ1n) is 44.0. The number of hydrogen-bond acceptors (Lipinski definition) is 7. The van der Waals surface area contributed by atoms with Crippen LogP contribution in [0.15, 0.2) is 42.5 Å². The van der Waals surface area contributed by atoms with E-state index in [0.29, 0.717) is 39.6 Å². The van der Waals surface area contributed by atoms with E-state index in [4.69, 9.17) is 33.4 Å². The van der Waals surface area contributed by atoms with Crippen molar-refractivity contribution in [3.63, 3.8) is 0 Å². The van der Waals surface area contributed by atoms with Gasteiger partial charge in [-0.15, -0.1) is 0 Å². The van der Waals surface area contributed by atoms with E-state index >= 15 is 0 Å². The maximum Gasteiger partial charge on any atom is 0.203 e. The van der Waals surface area contributed by atoms with Gasteiger partial charge in [-0.2, -0.15) is 0 Å². The number of nitrogens with zero attached hydrogens (tertiary/aromatic N) is 1. The van der Waals surface area contributed by atoms with E-state index in [1.165, 1.54) is 347 Å². The predicted molar refractivity (Wildman–Crippen MR) is 439 cm³/mol. The first kappa shape index (κ1) is 90.1. The Morgan fingerprint density at radius 2 is 0.380 bits per heavy atom. The van der Waals surface area contributed by atoms with Crippen molar-refractivity contribution in [2.24, 2.45) is 0 Å². The quantitative estimate of drug-likeness (QED) is 0.0522.